The van der Waals surface area contributed by atoms with Crippen molar-refractivity contribution in [1.29, 1.82) is 0 Å². The third-order valence-corrected chi connectivity index (χ3v) is 0.973. The Kier molecular flexibility index (Phi) is 3.27. The van der Waals surface area contributed by atoms with E-state index in [2.05, 4.69) is 0 Å². The van der Waals surface area contributed by atoms with Gasteiger partial charge in [-0.3, -0.25) is 4.79 Å². The van der Waals surface area contributed by atoms with E-state index >= 15 is 0 Å². The number of aliphatic hydroxyl groups is 1. The molecule has 0 aromatic carbocycles. The molecular weight excluding hydrogens is 105 g/mol. The summed E-state index contributed by atoms with van der Waals surface area (Å²) in [7, 11) is 3.12. The quantitative estimate of drug-likeness (QED) is 0.452. The summed E-state index contributed by atoms with van der Waals surface area (Å²) in [5.41, 5.74) is 0. The second-order valence-electron chi connectivity index (χ2n) is 1.66. The van der Waals surface area contributed by atoms with Crippen LogP contribution in [0.1, 0.15) is 0 Å². The van der Waals surface area contributed by atoms with E-state index in [0.29, 0.717) is 6.54 Å². The fourth-order valence-corrected chi connectivity index (χ4v) is 0.307. The van der Waals surface area contributed by atoms with Crippen molar-refractivity contribution in [1.82, 2.24) is 4.90 Å². The second kappa shape index (κ2) is 3.49. The normalized spacial score (nSPS) is 8.75. The van der Waals surface area contributed by atoms with E-state index < -0.39 is 0 Å². The number of carbonyl (C=O) groups excluding carboxylic acids is 1. The van der Waals surface area contributed by atoms with Crippen LogP contribution in [0.3, 0.4) is 0 Å². The maximum absolute atomic E-state index is 10.3. The zero-order valence-electron chi connectivity index (χ0n) is 5.22. The van der Waals surface area contributed by atoms with Gasteiger partial charge in [-0.25, -0.2) is 0 Å². The van der Waals surface area contributed by atoms with Crippen molar-refractivity contribution < 1.29 is 9.90 Å². The van der Waals surface area contributed by atoms with Crippen molar-refractivity contribution >= 4 is 13.7 Å². The zero-order chi connectivity index (χ0) is 6.57. The van der Waals surface area contributed by atoms with Gasteiger partial charge in [0, 0.05) is 13.6 Å². The van der Waals surface area contributed by atoms with Crippen LogP contribution < -0.4 is 0 Å². The van der Waals surface area contributed by atoms with Gasteiger partial charge in [0.25, 0.3) is 0 Å². The van der Waals surface area contributed by atoms with E-state index in [1.54, 1.807) is 7.05 Å². The summed E-state index contributed by atoms with van der Waals surface area (Å²) in [4.78, 5) is 11.8. The molecule has 0 aromatic rings. The number of hydrogen-bond acceptors (Lipinski definition) is 2. The summed E-state index contributed by atoms with van der Waals surface area (Å²) in [6, 6.07) is 0. The molecule has 0 saturated carbocycles. The van der Waals surface area contributed by atoms with E-state index in [-0.39, 0.29) is 12.4 Å². The Balaban J connectivity index is 3.32. The van der Waals surface area contributed by atoms with Crippen molar-refractivity contribution in [2.75, 3.05) is 20.2 Å². The lowest BCUT2D eigenvalue weighted by atomic mass is 10.1. The molecule has 0 heterocycles. The number of nitrogens with zero attached hydrogens (tertiary/aromatic N) is 1. The molecule has 0 spiro atoms. The highest BCUT2D eigenvalue weighted by Gasteiger charge is 1.97. The van der Waals surface area contributed by atoms with Gasteiger partial charge in [-0.15, -0.1) is 0 Å². The molecular formula is C4H10BNO2. The fraction of sp³-hybridized carbons (Fsp3) is 0.750. The van der Waals surface area contributed by atoms with Crippen LogP contribution in [0.5, 0.6) is 0 Å². The summed E-state index contributed by atoms with van der Waals surface area (Å²) in [5.74, 6) is -0.0148. The maximum Gasteiger partial charge on any atom is 0.215 e. The van der Waals surface area contributed by atoms with E-state index in [0.717, 1.165) is 0 Å². The highest BCUT2D eigenvalue weighted by atomic mass is 16.3. The van der Waals surface area contributed by atoms with Gasteiger partial charge < -0.3 is 10.0 Å². The van der Waals surface area contributed by atoms with E-state index in [4.69, 9.17) is 5.11 Å². The summed E-state index contributed by atoms with van der Waals surface area (Å²) in [6.45, 7) is 0.464. The second-order valence-corrected chi connectivity index (χ2v) is 1.66. The molecule has 0 radical (unpaired) electrons. The van der Waals surface area contributed by atoms with Crippen LogP contribution in [0, 0.1) is 0 Å². The van der Waals surface area contributed by atoms with Crippen molar-refractivity contribution in [3.63, 3.8) is 0 Å². The van der Waals surface area contributed by atoms with Crippen LogP contribution >= 0.6 is 0 Å². The predicted molar refractivity (Wildman–Crippen MR) is 33.7 cm³/mol. The molecule has 1 N–H and O–H groups in total. The minimum Gasteiger partial charge on any atom is -0.395 e. The SMILES string of the molecule is BC(=O)N(C)CCO. The number of amides is 1. The molecule has 0 atom stereocenters. The number of likely N-dealkylation sites (N-methyl/N-ethyl adjacent to an activating group) is 1. The average Bonchev–Trinajstić information content (AvgIpc) is 1.67. The number of hydrogen-bond donors (Lipinski definition) is 1. The van der Waals surface area contributed by atoms with Crippen LogP contribution in [-0.2, 0) is 0 Å². The maximum atomic E-state index is 10.3. The van der Waals surface area contributed by atoms with Crippen LogP contribution in [0.25, 0.3) is 0 Å². The Morgan fingerprint density at radius 2 is 2.38 bits per heavy atom. The largest absolute Gasteiger partial charge is 0.395 e. The Morgan fingerprint density at radius 3 is 2.50 bits per heavy atom. The molecule has 0 aliphatic rings. The lowest BCUT2D eigenvalue weighted by Gasteiger charge is -2.11. The molecule has 0 fully saturated rings. The molecule has 0 unspecified atom stereocenters. The van der Waals surface area contributed by atoms with E-state index in [1.165, 1.54) is 12.7 Å². The third-order valence-electron chi connectivity index (χ3n) is 0.973. The first-order valence-electron chi connectivity index (χ1n) is 2.51. The van der Waals surface area contributed by atoms with Gasteiger partial charge in [0.05, 0.1) is 6.61 Å². The first kappa shape index (κ1) is 7.49. The first-order valence-corrected chi connectivity index (χ1v) is 2.51. The Morgan fingerprint density at radius 1 is 1.88 bits per heavy atom. The van der Waals surface area contributed by atoms with Crippen molar-refractivity contribution in [2.45, 2.75) is 0 Å². The first-order chi connectivity index (χ1) is 3.68. The highest BCUT2D eigenvalue weighted by Crippen LogP contribution is 1.78. The molecule has 0 aliphatic carbocycles. The minimum absolute atomic E-state index is 0.0148. The van der Waals surface area contributed by atoms with Gasteiger partial charge in [0.1, 0.15) is 0 Å². The Labute approximate surface area is 49.7 Å². The number of rotatable bonds is 2. The average molecular weight is 115 g/mol. The molecule has 0 aromatic heterocycles. The van der Waals surface area contributed by atoms with Crippen LogP contribution in [-0.4, -0.2) is 43.9 Å². The summed E-state index contributed by atoms with van der Waals surface area (Å²) < 4.78 is 0. The third kappa shape index (κ3) is 2.63. The number of aliphatic hydroxyl groups excluding tert-OH is 1. The fourth-order valence-electron chi connectivity index (χ4n) is 0.307. The summed E-state index contributed by atoms with van der Waals surface area (Å²) >= 11 is 0. The summed E-state index contributed by atoms with van der Waals surface area (Å²) in [5, 5.41) is 8.29. The van der Waals surface area contributed by atoms with E-state index in [9.17, 15) is 4.79 Å². The molecule has 1 amide bonds. The lowest BCUT2D eigenvalue weighted by molar-refractivity contribution is 0.210. The van der Waals surface area contributed by atoms with Gasteiger partial charge in [0.15, 0.2) is 5.81 Å². The van der Waals surface area contributed by atoms with Gasteiger partial charge in [0.2, 0.25) is 7.85 Å². The van der Waals surface area contributed by atoms with Crippen LogP contribution in [0.15, 0.2) is 0 Å². The molecule has 0 bridgehead atoms. The molecule has 46 valence electrons. The van der Waals surface area contributed by atoms with Crippen molar-refractivity contribution in [3.8, 4) is 0 Å². The molecule has 0 aliphatic heterocycles. The smallest absolute Gasteiger partial charge is 0.215 e. The lowest BCUT2D eigenvalue weighted by Crippen LogP contribution is -2.27. The zero-order valence-corrected chi connectivity index (χ0v) is 5.22. The van der Waals surface area contributed by atoms with Crippen LogP contribution in [0.2, 0.25) is 0 Å². The monoisotopic (exact) mass is 115 g/mol. The Bertz CT molecular complexity index is 86.1. The van der Waals surface area contributed by atoms with Gasteiger partial charge >= 0.3 is 0 Å². The van der Waals surface area contributed by atoms with E-state index in [1.807, 2.05) is 0 Å². The Hall–Kier alpha value is -0.505. The van der Waals surface area contributed by atoms with Crippen molar-refractivity contribution in [2.24, 2.45) is 0 Å². The predicted octanol–water partition coefficient (Wildman–Crippen LogP) is -1.34. The molecule has 0 saturated heterocycles. The van der Waals surface area contributed by atoms with Crippen LogP contribution in [0.4, 0.5) is 4.79 Å². The van der Waals surface area contributed by atoms with Crippen molar-refractivity contribution in [3.05, 3.63) is 0 Å². The molecule has 3 nitrogen and oxygen atoms in total. The van der Waals surface area contributed by atoms with Gasteiger partial charge in [-0.1, -0.05) is 0 Å². The topological polar surface area (TPSA) is 40.5 Å². The molecule has 8 heavy (non-hydrogen) atoms. The molecule has 0 rings (SSSR count). The minimum atomic E-state index is -0.0148. The number of carbonyl (C=O) groups is 1. The van der Waals surface area contributed by atoms with Gasteiger partial charge in [-0.05, 0) is 0 Å². The standard InChI is InChI=1S/C4H10BNO2/c1-6(2-3-7)4(5)8/h7H,2-3,5H2,1H3. The summed E-state index contributed by atoms with van der Waals surface area (Å²) in [6.07, 6.45) is 0. The molecule has 4 heteroatoms. The van der Waals surface area contributed by atoms with Gasteiger partial charge in [-0.2, -0.15) is 0 Å². The highest BCUT2D eigenvalue weighted by molar-refractivity contribution is 6.56.